The van der Waals surface area contributed by atoms with Crippen molar-refractivity contribution < 1.29 is 9.94 Å². The second kappa shape index (κ2) is 9.76. The third-order valence-electron chi connectivity index (χ3n) is 5.77. The number of rotatable bonds is 7. The van der Waals surface area contributed by atoms with Gasteiger partial charge in [0.1, 0.15) is 5.75 Å². The summed E-state index contributed by atoms with van der Waals surface area (Å²) < 4.78 is 5.53. The van der Waals surface area contributed by atoms with Crippen molar-refractivity contribution in [1.29, 1.82) is 0 Å². The Morgan fingerprint density at radius 2 is 1.60 bits per heavy atom. The lowest BCUT2D eigenvalue weighted by molar-refractivity contribution is 0.137. The summed E-state index contributed by atoms with van der Waals surface area (Å²) in [6, 6.07) is 20.5. The smallest absolute Gasteiger partial charge is 0.126 e. The predicted octanol–water partition coefficient (Wildman–Crippen LogP) is 4.48. The van der Waals surface area contributed by atoms with Gasteiger partial charge in [0.15, 0.2) is 0 Å². The number of methoxy groups -OCH3 is 1. The van der Waals surface area contributed by atoms with Gasteiger partial charge in [-0.2, -0.15) is 0 Å². The quantitative estimate of drug-likeness (QED) is 0.570. The Bertz CT molecular complexity index is 993. The summed E-state index contributed by atoms with van der Waals surface area (Å²) in [5, 5.41) is 11.3. The highest BCUT2D eigenvalue weighted by molar-refractivity contribution is 5.91. The first-order valence-corrected chi connectivity index (χ1v) is 10.4. The Labute approximate surface area is 178 Å². The molecule has 1 heterocycles. The Balaban J connectivity index is 1.31. The van der Waals surface area contributed by atoms with Crippen molar-refractivity contribution in [3.05, 3.63) is 77.9 Å². The van der Waals surface area contributed by atoms with Gasteiger partial charge in [-0.3, -0.25) is 20.5 Å². The van der Waals surface area contributed by atoms with Crippen LogP contribution in [0.4, 0.5) is 5.69 Å². The topological polar surface area (TPSA) is 48.0 Å². The van der Waals surface area contributed by atoms with E-state index in [9.17, 15) is 0 Å². The molecule has 5 heteroatoms. The molecule has 1 aliphatic rings. The molecule has 2 N–H and O–H groups in total. The first-order chi connectivity index (χ1) is 14.8. The van der Waals surface area contributed by atoms with Gasteiger partial charge in [-0.1, -0.05) is 54.6 Å². The largest absolute Gasteiger partial charge is 0.496 e. The molecule has 5 nitrogen and oxygen atoms in total. The monoisotopic (exact) mass is 403 g/mol. The summed E-state index contributed by atoms with van der Waals surface area (Å²) in [7, 11) is 1.73. The Kier molecular flexibility index (Phi) is 6.64. The van der Waals surface area contributed by atoms with Gasteiger partial charge in [-0.15, -0.1) is 0 Å². The summed E-state index contributed by atoms with van der Waals surface area (Å²) in [6.45, 7) is 6.23. The SMILES string of the molecule is COc1ccc(CN2CCN(CC=Cc3ccc(NO)cc3)CC2)c2ccccc12. The molecule has 4 rings (SSSR count). The first-order valence-electron chi connectivity index (χ1n) is 10.4. The number of hydrogen-bond donors (Lipinski definition) is 2. The van der Waals surface area contributed by atoms with E-state index in [1.165, 1.54) is 16.3 Å². The van der Waals surface area contributed by atoms with Gasteiger partial charge in [0.2, 0.25) is 0 Å². The van der Waals surface area contributed by atoms with Crippen LogP contribution in [-0.4, -0.2) is 54.8 Å². The minimum atomic E-state index is 0.702. The highest BCUT2D eigenvalue weighted by Crippen LogP contribution is 2.29. The molecule has 0 amide bonds. The zero-order chi connectivity index (χ0) is 20.8. The maximum absolute atomic E-state index is 8.88. The molecule has 0 spiro atoms. The van der Waals surface area contributed by atoms with Crippen molar-refractivity contribution in [2.75, 3.05) is 45.3 Å². The summed E-state index contributed by atoms with van der Waals surface area (Å²) in [5.74, 6) is 0.938. The van der Waals surface area contributed by atoms with Crippen LogP contribution in [0.5, 0.6) is 5.75 Å². The fourth-order valence-corrected chi connectivity index (χ4v) is 4.03. The van der Waals surface area contributed by atoms with Crippen LogP contribution in [0.25, 0.3) is 16.8 Å². The maximum Gasteiger partial charge on any atom is 0.126 e. The molecule has 30 heavy (non-hydrogen) atoms. The molecule has 3 aromatic rings. The summed E-state index contributed by atoms with van der Waals surface area (Å²) in [5.41, 5.74) is 5.36. The molecule has 0 bridgehead atoms. The van der Waals surface area contributed by atoms with Gasteiger partial charge in [-0.05, 0) is 34.7 Å². The summed E-state index contributed by atoms with van der Waals surface area (Å²) >= 11 is 0. The van der Waals surface area contributed by atoms with Crippen molar-refractivity contribution in [2.45, 2.75) is 6.54 Å². The van der Waals surface area contributed by atoms with Crippen LogP contribution in [0.15, 0.2) is 66.7 Å². The van der Waals surface area contributed by atoms with Crippen LogP contribution in [0.2, 0.25) is 0 Å². The van der Waals surface area contributed by atoms with Crippen molar-refractivity contribution in [3.8, 4) is 5.75 Å². The van der Waals surface area contributed by atoms with Crippen molar-refractivity contribution in [2.24, 2.45) is 0 Å². The summed E-state index contributed by atoms with van der Waals surface area (Å²) in [4.78, 5) is 5.03. The van der Waals surface area contributed by atoms with Crippen LogP contribution >= 0.6 is 0 Å². The van der Waals surface area contributed by atoms with Crippen LogP contribution in [0.1, 0.15) is 11.1 Å². The van der Waals surface area contributed by atoms with E-state index in [0.717, 1.165) is 50.6 Å². The summed E-state index contributed by atoms with van der Waals surface area (Å²) in [6.07, 6.45) is 4.35. The van der Waals surface area contributed by atoms with E-state index in [1.54, 1.807) is 7.11 Å². The first kappa shape index (κ1) is 20.4. The van der Waals surface area contributed by atoms with E-state index >= 15 is 0 Å². The fraction of sp³-hybridized carbons (Fsp3) is 0.280. The third-order valence-corrected chi connectivity index (χ3v) is 5.77. The molecule has 156 valence electrons. The van der Waals surface area contributed by atoms with Crippen LogP contribution < -0.4 is 10.2 Å². The van der Waals surface area contributed by atoms with E-state index in [1.807, 2.05) is 24.3 Å². The number of anilines is 1. The predicted molar refractivity (Wildman–Crippen MR) is 123 cm³/mol. The minimum absolute atomic E-state index is 0.702. The number of ether oxygens (including phenoxy) is 1. The molecule has 1 saturated heterocycles. The van der Waals surface area contributed by atoms with Crippen LogP contribution in [0, 0.1) is 0 Å². The molecule has 0 aliphatic carbocycles. The number of nitrogens with zero attached hydrogens (tertiary/aromatic N) is 2. The molecular formula is C25H29N3O2. The number of benzene rings is 3. The average Bonchev–Trinajstić information content (AvgIpc) is 2.81. The average molecular weight is 404 g/mol. The van der Waals surface area contributed by atoms with Gasteiger partial charge in [0, 0.05) is 44.7 Å². The highest BCUT2D eigenvalue weighted by Gasteiger charge is 2.17. The molecule has 1 fully saturated rings. The second-order valence-corrected chi connectivity index (χ2v) is 7.69. The zero-order valence-corrected chi connectivity index (χ0v) is 17.4. The molecule has 0 radical (unpaired) electrons. The van der Waals surface area contributed by atoms with E-state index < -0.39 is 0 Å². The normalized spacial score (nSPS) is 15.7. The standard InChI is InChI=1S/C25H29N3O2/c1-30-25-13-10-21(23-6-2-3-7-24(23)25)19-28-17-15-27(16-18-28)14-4-5-20-8-11-22(26-29)12-9-20/h2-13,26,29H,14-19H2,1H3. The Hall–Kier alpha value is -2.86. The van der Waals surface area contributed by atoms with E-state index in [0.29, 0.717) is 5.69 Å². The second-order valence-electron chi connectivity index (χ2n) is 7.69. The minimum Gasteiger partial charge on any atom is -0.496 e. The number of piperazine rings is 1. The number of fused-ring (bicyclic) bond motifs is 1. The molecule has 0 unspecified atom stereocenters. The molecule has 0 aromatic heterocycles. The van der Waals surface area contributed by atoms with Gasteiger partial charge >= 0.3 is 0 Å². The van der Waals surface area contributed by atoms with Crippen molar-refractivity contribution in [1.82, 2.24) is 9.80 Å². The van der Waals surface area contributed by atoms with Gasteiger partial charge in [-0.25, -0.2) is 0 Å². The zero-order valence-electron chi connectivity index (χ0n) is 17.4. The maximum atomic E-state index is 8.88. The Morgan fingerprint density at radius 3 is 2.30 bits per heavy atom. The van der Waals surface area contributed by atoms with Crippen molar-refractivity contribution in [3.63, 3.8) is 0 Å². The number of hydrogen-bond acceptors (Lipinski definition) is 5. The van der Waals surface area contributed by atoms with E-state index in [4.69, 9.17) is 9.94 Å². The van der Waals surface area contributed by atoms with Crippen molar-refractivity contribution >= 4 is 22.5 Å². The fourth-order valence-electron chi connectivity index (χ4n) is 4.03. The third kappa shape index (κ3) is 4.82. The number of nitrogens with one attached hydrogen (secondary N) is 1. The molecular weight excluding hydrogens is 374 g/mol. The molecule has 3 aromatic carbocycles. The van der Waals surface area contributed by atoms with Crippen LogP contribution in [0.3, 0.4) is 0 Å². The lowest BCUT2D eigenvalue weighted by Gasteiger charge is -2.34. The Morgan fingerprint density at radius 1 is 0.900 bits per heavy atom. The van der Waals surface area contributed by atoms with Crippen LogP contribution in [-0.2, 0) is 6.54 Å². The van der Waals surface area contributed by atoms with Gasteiger partial charge < -0.3 is 4.74 Å². The van der Waals surface area contributed by atoms with E-state index in [-0.39, 0.29) is 0 Å². The molecule has 0 atom stereocenters. The lowest BCUT2D eigenvalue weighted by Crippen LogP contribution is -2.45. The molecule has 0 saturated carbocycles. The van der Waals surface area contributed by atoms with Gasteiger partial charge in [0.05, 0.1) is 12.8 Å². The molecule has 1 aliphatic heterocycles. The highest BCUT2D eigenvalue weighted by atomic mass is 16.5. The van der Waals surface area contributed by atoms with E-state index in [2.05, 4.69) is 63.8 Å². The van der Waals surface area contributed by atoms with Gasteiger partial charge in [0.25, 0.3) is 0 Å². The lowest BCUT2D eigenvalue weighted by atomic mass is 10.0.